The largest absolute Gasteiger partial charge is 0.464 e. The van der Waals surface area contributed by atoms with Gasteiger partial charge in [0, 0.05) is 35.2 Å². The Balaban J connectivity index is 1.70. The molecular formula is C21H21BrN4O5. The lowest BCUT2D eigenvalue weighted by molar-refractivity contribution is -0.111. The van der Waals surface area contributed by atoms with Gasteiger partial charge in [0.2, 0.25) is 0 Å². The van der Waals surface area contributed by atoms with Gasteiger partial charge in [-0.05, 0) is 43.2 Å². The van der Waals surface area contributed by atoms with Gasteiger partial charge in [0.1, 0.15) is 12.0 Å². The number of halogens is 1. The van der Waals surface area contributed by atoms with Gasteiger partial charge in [0.15, 0.2) is 0 Å². The highest BCUT2D eigenvalue weighted by Crippen LogP contribution is 2.29. The highest BCUT2D eigenvalue weighted by atomic mass is 79.9. The monoisotopic (exact) mass is 488 g/mol. The number of pyridine rings is 1. The number of aldehydes is 1. The highest BCUT2D eigenvalue weighted by molar-refractivity contribution is 9.10. The van der Waals surface area contributed by atoms with Crippen LogP contribution in [0.25, 0.3) is 0 Å². The lowest BCUT2D eigenvalue weighted by Crippen LogP contribution is -2.43. The van der Waals surface area contributed by atoms with Crippen LogP contribution in [0.2, 0.25) is 0 Å². The lowest BCUT2D eigenvalue weighted by Gasteiger charge is -2.32. The van der Waals surface area contributed by atoms with Crippen LogP contribution in [-0.4, -0.2) is 49.3 Å². The summed E-state index contributed by atoms with van der Waals surface area (Å²) < 4.78 is 5.40. The first kappa shape index (κ1) is 22.4. The van der Waals surface area contributed by atoms with Crippen molar-refractivity contribution in [2.45, 2.75) is 12.8 Å². The maximum Gasteiger partial charge on any atom is 0.356 e. The Morgan fingerprint density at radius 3 is 2.52 bits per heavy atom. The molecule has 0 unspecified atom stereocenters. The Hall–Kier alpha value is -3.27. The number of anilines is 1. The molecule has 1 aliphatic heterocycles. The van der Waals surface area contributed by atoms with E-state index in [1.54, 1.807) is 12.1 Å². The standard InChI is InChI=1S/C21H21BrN4O5/c1-31-21(30)17-10-14(4-7-23-17)19(28)24-25-20(29)16-3-2-15(22)11-18(16)26-8-5-13(12-27)6-9-26/h2-4,7,10-13H,5-6,8-9H2,1H3,(H,24,28)(H,25,29). The number of piperidine rings is 1. The first-order valence-corrected chi connectivity index (χ1v) is 10.4. The first-order chi connectivity index (χ1) is 14.9. The molecule has 2 heterocycles. The van der Waals surface area contributed by atoms with Crippen LogP contribution in [0.4, 0.5) is 5.69 Å². The molecule has 0 spiro atoms. The zero-order chi connectivity index (χ0) is 22.4. The van der Waals surface area contributed by atoms with Gasteiger partial charge in [0.05, 0.1) is 18.4 Å². The molecule has 0 bridgehead atoms. The molecule has 3 rings (SSSR count). The number of ether oxygens (including phenoxy) is 1. The second-order valence-electron chi connectivity index (χ2n) is 6.95. The number of benzene rings is 1. The Bertz CT molecular complexity index is 1010. The van der Waals surface area contributed by atoms with E-state index in [0.29, 0.717) is 24.3 Å². The van der Waals surface area contributed by atoms with Gasteiger partial charge in [-0.2, -0.15) is 0 Å². The van der Waals surface area contributed by atoms with Crippen LogP contribution in [0.1, 0.15) is 44.0 Å². The Morgan fingerprint density at radius 2 is 1.84 bits per heavy atom. The molecule has 10 heteroatoms. The molecule has 1 aromatic carbocycles. The number of hydrazine groups is 1. The summed E-state index contributed by atoms with van der Waals surface area (Å²) in [5.74, 6) is -1.73. The number of amides is 2. The van der Waals surface area contributed by atoms with E-state index in [2.05, 4.69) is 36.5 Å². The second kappa shape index (κ2) is 10.2. The fourth-order valence-electron chi connectivity index (χ4n) is 3.28. The summed E-state index contributed by atoms with van der Waals surface area (Å²) >= 11 is 3.43. The van der Waals surface area contributed by atoms with Gasteiger partial charge in [-0.25, -0.2) is 9.78 Å². The lowest BCUT2D eigenvalue weighted by atomic mass is 9.97. The fourth-order valence-corrected chi connectivity index (χ4v) is 3.62. The van der Waals surface area contributed by atoms with Crippen molar-refractivity contribution in [2.75, 3.05) is 25.1 Å². The number of nitrogens with zero attached hydrogens (tertiary/aromatic N) is 2. The summed E-state index contributed by atoms with van der Waals surface area (Å²) in [7, 11) is 1.22. The average Bonchev–Trinajstić information content (AvgIpc) is 2.81. The van der Waals surface area contributed by atoms with Crippen LogP contribution in [0.3, 0.4) is 0 Å². The number of rotatable bonds is 5. The maximum absolute atomic E-state index is 12.8. The molecule has 2 amide bonds. The molecule has 1 aliphatic rings. The van der Waals surface area contributed by atoms with E-state index in [1.807, 2.05) is 11.0 Å². The first-order valence-electron chi connectivity index (χ1n) is 9.57. The summed E-state index contributed by atoms with van der Waals surface area (Å²) in [6.07, 6.45) is 3.72. The molecule has 1 fully saturated rings. The van der Waals surface area contributed by atoms with Crippen molar-refractivity contribution < 1.29 is 23.9 Å². The maximum atomic E-state index is 12.8. The van der Waals surface area contributed by atoms with Gasteiger partial charge >= 0.3 is 5.97 Å². The average molecular weight is 489 g/mol. The summed E-state index contributed by atoms with van der Waals surface area (Å²) in [6.45, 7) is 1.31. The molecule has 162 valence electrons. The molecule has 0 aliphatic carbocycles. The molecule has 1 saturated heterocycles. The smallest absolute Gasteiger partial charge is 0.356 e. The zero-order valence-corrected chi connectivity index (χ0v) is 18.3. The van der Waals surface area contributed by atoms with Crippen molar-refractivity contribution in [3.8, 4) is 0 Å². The zero-order valence-electron chi connectivity index (χ0n) is 16.8. The molecular weight excluding hydrogens is 468 g/mol. The third kappa shape index (κ3) is 5.46. The van der Waals surface area contributed by atoms with Gasteiger partial charge < -0.3 is 14.4 Å². The molecule has 0 saturated carbocycles. The van der Waals surface area contributed by atoms with Crippen LogP contribution >= 0.6 is 15.9 Å². The number of hydrogen-bond acceptors (Lipinski definition) is 7. The SMILES string of the molecule is COC(=O)c1cc(C(=O)NNC(=O)c2ccc(Br)cc2N2CCC(C=O)CC2)ccn1. The van der Waals surface area contributed by atoms with Crippen molar-refractivity contribution in [3.63, 3.8) is 0 Å². The topological polar surface area (TPSA) is 118 Å². The van der Waals surface area contributed by atoms with Gasteiger partial charge in [0.25, 0.3) is 11.8 Å². The van der Waals surface area contributed by atoms with Crippen LogP contribution in [0.5, 0.6) is 0 Å². The van der Waals surface area contributed by atoms with Crippen molar-refractivity contribution in [3.05, 3.63) is 57.8 Å². The van der Waals surface area contributed by atoms with E-state index in [1.165, 1.54) is 25.4 Å². The van der Waals surface area contributed by atoms with E-state index < -0.39 is 17.8 Å². The predicted molar refractivity (Wildman–Crippen MR) is 116 cm³/mol. The minimum Gasteiger partial charge on any atom is -0.464 e. The van der Waals surface area contributed by atoms with Gasteiger partial charge in [-0.1, -0.05) is 15.9 Å². The number of hydrogen-bond donors (Lipinski definition) is 2. The number of carbonyl (C=O) groups is 4. The predicted octanol–water partition coefficient (Wildman–Crippen LogP) is 2.12. The van der Waals surface area contributed by atoms with E-state index in [4.69, 9.17) is 0 Å². The van der Waals surface area contributed by atoms with Crippen molar-refractivity contribution in [1.82, 2.24) is 15.8 Å². The van der Waals surface area contributed by atoms with E-state index in [-0.39, 0.29) is 17.2 Å². The Morgan fingerprint density at radius 1 is 1.13 bits per heavy atom. The van der Waals surface area contributed by atoms with Crippen LogP contribution < -0.4 is 15.8 Å². The normalized spacial score (nSPS) is 13.9. The quantitative estimate of drug-likeness (QED) is 0.375. The van der Waals surface area contributed by atoms with Crippen LogP contribution in [-0.2, 0) is 9.53 Å². The Kier molecular flexibility index (Phi) is 7.35. The Labute approximate surface area is 187 Å². The third-order valence-corrected chi connectivity index (χ3v) is 5.48. The van der Waals surface area contributed by atoms with E-state index in [9.17, 15) is 19.2 Å². The fraction of sp³-hybridized carbons (Fsp3) is 0.286. The summed E-state index contributed by atoms with van der Waals surface area (Å²) in [5.41, 5.74) is 5.97. The van der Waals surface area contributed by atoms with Crippen molar-refractivity contribution >= 4 is 45.7 Å². The number of esters is 1. The van der Waals surface area contributed by atoms with Crippen LogP contribution in [0.15, 0.2) is 41.0 Å². The summed E-state index contributed by atoms with van der Waals surface area (Å²) in [4.78, 5) is 53.7. The summed E-state index contributed by atoms with van der Waals surface area (Å²) in [5, 5.41) is 0. The van der Waals surface area contributed by atoms with Crippen molar-refractivity contribution in [1.29, 1.82) is 0 Å². The van der Waals surface area contributed by atoms with Crippen molar-refractivity contribution in [2.24, 2.45) is 5.92 Å². The van der Waals surface area contributed by atoms with Gasteiger partial charge in [-0.3, -0.25) is 20.4 Å². The minimum absolute atomic E-state index is 0.0181. The number of carbonyl (C=O) groups excluding carboxylic acids is 4. The van der Waals surface area contributed by atoms with Gasteiger partial charge in [-0.15, -0.1) is 0 Å². The number of aromatic nitrogens is 1. The number of methoxy groups -OCH3 is 1. The summed E-state index contributed by atoms with van der Waals surface area (Å²) in [6, 6.07) is 7.92. The van der Waals surface area contributed by atoms with E-state index >= 15 is 0 Å². The molecule has 9 nitrogen and oxygen atoms in total. The second-order valence-corrected chi connectivity index (χ2v) is 7.87. The molecule has 1 aromatic heterocycles. The number of nitrogens with one attached hydrogen (secondary N) is 2. The third-order valence-electron chi connectivity index (χ3n) is 4.98. The highest BCUT2D eigenvalue weighted by Gasteiger charge is 2.23. The molecule has 0 atom stereocenters. The molecule has 2 aromatic rings. The van der Waals surface area contributed by atoms with Crippen LogP contribution in [0, 0.1) is 5.92 Å². The molecule has 0 radical (unpaired) electrons. The molecule has 31 heavy (non-hydrogen) atoms. The minimum atomic E-state index is -0.670. The van der Waals surface area contributed by atoms with E-state index in [0.717, 1.165) is 23.6 Å². The molecule has 2 N–H and O–H groups in total.